The second-order valence-electron chi connectivity index (χ2n) is 6.03. The quantitative estimate of drug-likeness (QED) is 0.533. The average molecular weight is 402 g/mol. The van der Waals surface area contributed by atoms with E-state index >= 15 is 0 Å². The van der Waals surface area contributed by atoms with Crippen LogP contribution in [0.1, 0.15) is 12.0 Å². The molecule has 0 aliphatic carbocycles. The van der Waals surface area contributed by atoms with E-state index in [1.165, 1.54) is 17.0 Å². The van der Waals surface area contributed by atoms with Crippen molar-refractivity contribution in [1.29, 1.82) is 0 Å². The molecule has 1 aliphatic rings. The van der Waals surface area contributed by atoms with Crippen LogP contribution in [0.15, 0.2) is 48.5 Å². The molecule has 1 aliphatic heterocycles. The van der Waals surface area contributed by atoms with Gasteiger partial charge in [0.05, 0.1) is 18.7 Å². The Hall–Kier alpha value is -3.20. The summed E-state index contributed by atoms with van der Waals surface area (Å²) in [5.74, 6) is -0.384. The number of fused-ring (bicyclic) bond motifs is 1. The van der Waals surface area contributed by atoms with Crippen molar-refractivity contribution in [3.05, 3.63) is 59.9 Å². The molecule has 0 saturated carbocycles. The van der Waals surface area contributed by atoms with Gasteiger partial charge in [0.25, 0.3) is 5.91 Å². The summed E-state index contributed by atoms with van der Waals surface area (Å²) >= 11 is 5.10. The lowest BCUT2D eigenvalue weighted by molar-refractivity contribution is -0.124. The predicted molar refractivity (Wildman–Crippen MR) is 106 cm³/mol. The highest BCUT2D eigenvalue weighted by molar-refractivity contribution is 7.80. The van der Waals surface area contributed by atoms with Crippen molar-refractivity contribution in [1.82, 2.24) is 16.2 Å². The van der Waals surface area contributed by atoms with Gasteiger partial charge < -0.3 is 10.1 Å². The van der Waals surface area contributed by atoms with E-state index < -0.39 is 5.91 Å². The van der Waals surface area contributed by atoms with Crippen LogP contribution >= 0.6 is 12.2 Å². The van der Waals surface area contributed by atoms with E-state index in [0.717, 1.165) is 5.56 Å². The Labute approximate surface area is 166 Å². The molecular formula is C19H19FN4O3S. The summed E-state index contributed by atoms with van der Waals surface area (Å²) in [6.45, 7) is 0.466. The minimum Gasteiger partial charge on any atom is -0.491 e. The molecule has 0 fully saturated rings. The Morgan fingerprint density at radius 1 is 1.14 bits per heavy atom. The maximum Gasteiger partial charge on any atom is 0.258 e. The number of nitrogens with one attached hydrogen (secondary N) is 3. The van der Waals surface area contributed by atoms with Gasteiger partial charge in [-0.3, -0.25) is 25.3 Å². The van der Waals surface area contributed by atoms with Gasteiger partial charge >= 0.3 is 0 Å². The topological polar surface area (TPSA) is 82.7 Å². The monoisotopic (exact) mass is 402 g/mol. The molecule has 0 radical (unpaired) electrons. The van der Waals surface area contributed by atoms with Gasteiger partial charge in [-0.25, -0.2) is 4.39 Å². The molecule has 7 nitrogen and oxygen atoms in total. The summed E-state index contributed by atoms with van der Waals surface area (Å²) in [5, 5.41) is 3.09. The Morgan fingerprint density at radius 2 is 1.89 bits per heavy atom. The number of halogens is 1. The molecule has 0 aromatic heterocycles. The van der Waals surface area contributed by atoms with Crippen LogP contribution in [0.25, 0.3) is 0 Å². The lowest BCUT2D eigenvalue weighted by Crippen LogP contribution is -2.50. The van der Waals surface area contributed by atoms with E-state index in [9.17, 15) is 14.0 Å². The maximum absolute atomic E-state index is 12.9. The highest BCUT2D eigenvalue weighted by atomic mass is 32.1. The number of nitrogens with zero attached hydrogens (tertiary/aromatic N) is 1. The van der Waals surface area contributed by atoms with Gasteiger partial charge in [0.15, 0.2) is 5.11 Å². The second kappa shape index (κ2) is 9.14. The minimum absolute atomic E-state index is 0.174. The van der Waals surface area contributed by atoms with Crippen LogP contribution in [0, 0.1) is 5.82 Å². The van der Waals surface area contributed by atoms with E-state index in [-0.39, 0.29) is 36.4 Å². The maximum atomic E-state index is 12.9. The van der Waals surface area contributed by atoms with Gasteiger partial charge in [-0.05, 0) is 42.0 Å². The van der Waals surface area contributed by atoms with Gasteiger partial charge in [0.1, 0.15) is 18.1 Å². The fraction of sp³-hybridized carbons (Fsp3) is 0.211. The molecule has 2 aromatic rings. The summed E-state index contributed by atoms with van der Waals surface area (Å²) in [6, 6.07) is 13.0. The largest absolute Gasteiger partial charge is 0.491 e. The zero-order chi connectivity index (χ0) is 19.9. The number of hydrogen-bond acceptors (Lipinski definition) is 4. The van der Waals surface area contributed by atoms with Crippen molar-refractivity contribution >= 4 is 34.8 Å². The molecule has 0 unspecified atom stereocenters. The molecule has 9 heteroatoms. The fourth-order valence-corrected chi connectivity index (χ4v) is 2.75. The molecule has 28 heavy (non-hydrogen) atoms. The molecular weight excluding hydrogens is 383 g/mol. The van der Waals surface area contributed by atoms with Crippen molar-refractivity contribution in [2.45, 2.75) is 13.0 Å². The number of anilines is 1. The first-order chi connectivity index (χ1) is 13.5. The number of carbonyl (C=O) groups excluding carboxylic acids is 2. The van der Waals surface area contributed by atoms with E-state index in [1.807, 2.05) is 0 Å². The van der Waals surface area contributed by atoms with Crippen molar-refractivity contribution < 1.29 is 18.7 Å². The Morgan fingerprint density at radius 3 is 2.68 bits per heavy atom. The number of benzene rings is 2. The number of para-hydroxylation sites is 2. The summed E-state index contributed by atoms with van der Waals surface area (Å²) in [6.07, 6.45) is 0.188. The number of amides is 2. The first kappa shape index (κ1) is 19.6. The van der Waals surface area contributed by atoms with Gasteiger partial charge in [-0.1, -0.05) is 24.3 Å². The van der Waals surface area contributed by atoms with E-state index in [2.05, 4.69) is 16.2 Å². The molecule has 2 aromatic carbocycles. The lowest BCUT2D eigenvalue weighted by atomic mass is 10.2. The standard InChI is InChI=1S/C19H19FN4O3S/c20-14-7-5-13(6-8-14)11-21-19(28)23-22-17(25)12-24-15-3-1-2-4-16(15)27-10-9-18(24)26/h1-8H,9-12H2,(H,22,25)(H2,21,23,28). The van der Waals surface area contributed by atoms with Crippen molar-refractivity contribution in [2.75, 3.05) is 18.1 Å². The minimum atomic E-state index is -0.434. The SMILES string of the molecule is O=C(CN1C(=O)CCOc2ccccc21)NNC(=S)NCc1ccc(F)cc1. The third-order valence-corrected chi connectivity index (χ3v) is 4.26. The molecule has 3 rings (SSSR count). The fourth-order valence-electron chi connectivity index (χ4n) is 2.63. The molecule has 0 atom stereocenters. The molecule has 0 spiro atoms. The Balaban J connectivity index is 1.50. The van der Waals surface area contributed by atoms with Crippen LogP contribution in [0.3, 0.4) is 0 Å². The van der Waals surface area contributed by atoms with Gasteiger partial charge in [-0.15, -0.1) is 0 Å². The average Bonchev–Trinajstić information content (AvgIpc) is 2.85. The van der Waals surface area contributed by atoms with E-state index in [4.69, 9.17) is 17.0 Å². The number of ether oxygens (including phenoxy) is 1. The summed E-state index contributed by atoms with van der Waals surface area (Å²) in [7, 11) is 0. The Bertz CT molecular complexity index is 876. The number of rotatable bonds is 4. The van der Waals surface area contributed by atoms with Crippen LogP contribution in [0.5, 0.6) is 5.75 Å². The van der Waals surface area contributed by atoms with E-state index in [0.29, 0.717) is 18.0 Å². The highest BCUT2D eigenvalue weighted by Crippen LogP contribution is 2.30. The summed E-state index contributed by atoms with van der Waals surface area (Å²) in [5.41, 5.74) is 6.43. The lowest BCUT2D eigenvalue weighted by Gasteiger charge is -2.21. The molecule has 2 amide bonds. The number of hydrazine groups is 1. The van der Waals surface area contributed by atoms with Crippen LogP contribution < -0.4 is 25.8 Å². The molecule has 0 saturated heterocycles. The zero-order valence-electron chi connectivity index (χ0n) is 14.9. The predicted octanol–water partition coefficient (Wildman–Crippen LogP) is 1.64. The van der Waals surface area contributed by atoms with Crippen molar-refractivity contribution in [3.8, 4) is 5.75 Å². The smallest absolute Gasteiger partial charge is 0.258 e. The third-order valence-electron chi connectivity index (χ3n) is 4.01. The van der Waals surface area contributed by atoms with Crippen LogP contribution in [0.4, 0.5) is 10.1 Å². The highest BCUT2D eigenvalue weighted by Gasteiger charge is 2.24. The Kier molecular flexibility index (Phi) is 6.38. The van der Waals surface area contributed by atoms with Crippen molar-refractivity contribution in [2.24, 2.45) is 0 Å². The van der Waals surface area contributed by atoms with Crippen molar-refractivity contribution in [3.63, 3.8) is 0 Å². The summed E-state index contributed by atoms with van der Waals surface area (Å²) in [4.78, 5) is 26.0. The van der Waals surface area contributed by atoms with Crippen LogP contribution in [-0.2, 0) is 16.1 Å². The van der Waals surface area contributed by atoms with E-state index in [1.54, 1.807) is 36.4 Å². The second-order valence-corrected chi connectivity index (χ2v) is 6.44. The number of carbonyl (C=O) groups is 2. The third kappa shape index (κ3) is 5.17. The zero-order valence-corrected chi connectivity index (χ0v) is 15.7. The van der Waals surface area contributed by atoms with Crippen LogP contribution in [0.2, 0.25) is 0 Å². The molecule has 3 N–H and O–H groups in total. The molecule has 0 bridgehead atoms. The molecule has 146 valence electrons. The first-order valence-corrected chi connectivity index (χ1v) is 9.03. The van der Waals surface area contributed by atoms with Gasteiger partial charge in [-0.2, -0.15) is 0 Å². The number of hydrogen-bond donors (Lipinski definition) is 3. The van der Waals surface area contributed by atoms with Crippen LogP contribution in [-0.4, -0.2) is 30.1 Å². The normalized spacial score (nSPS) is 13.0. The molecule has 1 heterocycles. The van der Waals surface area contributed by atoms with Gasteiger partial charge in [0.2, 0.25) is 5.91 Å². The van der Waals surface area contributed by atoms with Gasteiger partial charge in [0, 0.05) is 6.54 Å². The number of thiocarbonyl (C=S) groups is 1. The summed E-state index contributed by atoms with van der Waals surface area (Å²) < 4.78 is 18.4. The first-order valence-electron chi connectivity index (χ1n) is 8.62.